The smallest absolute Gasteiger partial charge is 0.227 e. The zero-order valence-corrected chi connectivity index (χ0v) is 20.0. The summed E-state index contributed by atoms with van der Waals surface area (Å²) in [7, 11) is 1.59. The summed E-state index contributed by atoms with van der Waals surface area (Å²) >= 11 is 6.55. The highest BCUT2D eigenvalue weighted by Crippen LogP contribution is 2.41. The molecule has 1 fully saturated rings. The molecule has 2 aliphatic heterocycles. The minimum Gasteiger partial charge on any atom is -0.494 e. The molecule has 178 valence electrons. The fourth-order valence-electron chi connectivity index (χ4n) is 4.42. The van der Waals surface area contributed by atoms with E-state index < -0.39 is 5.60 Å². The molecule has 34 heavy (non-hydrogen) atoms. The molecular weight excluding hydrogens is 456 g/mol. The van der Waals surface area contributed by atoms with Crippen LogP contribution in [0.4, 0.5) is 23.1 Å². The first-order valence-corrected chi connectivity index (χ1v) is 11.4. The number of aliphatic hydroxyl groups is 2. The number of hydrogen-bond acceptors (Lipinski definition) is 9. The molecule has 10 heteroatoms. The van der Waals surface area contributed by atoms with Gasteiger partial charge >= 0.3 is 0 Å². The summed E-state index contributed by atoms with van der Waals surface area (Å²) in [6, 6.07) is 7.44. The Kier molecular flexibility index (Phi) is 5.50. The van der Waals surface area contributed by atoms with Crippen LogP contribution in [-0.2, 0) is 5.41 Å². The topological polar surface area (TPSA) is 116 Å². The summed E-state index contributed by atoms with van der Waals surface area (Å²) in [5, 5.41) is 26.9. The average molecular weight is 483 g/mol. The Hall–Kier alpha value is -3.14. The number of rotatable bonds is 6. The average Bonchev–Trinajstić information content (AvgIpc) is 3.14. The molecule has 4 N–H and O–H groups in total. The zero-order chi connectivity index (χ0) is 24.1. The molecule has 0 spiro atoms. The van der Waals surface area contributed by atoms with Gasteiger partial charge in [0, 0.05) is 54.6 Å². The van der Waals surface area contributed by atoms with Crippen LogP contribution in [0, 0.1) is 0 Å². The Balaban J connectivity index is 1.42. The minimum atomic E-state index is -0.709. The van der Waals surface area contributed by atoms with Gasteiger partial charge in [-0.1, -0.05) is 18.5 Å². The van der Waals surface area contributed by atoms with Gasteiger partial charge in [0.15, 0.2) is 0 Å². The highest BCUT2D eigenvalue weighted by molar-refractivity contribution is 6.33. The molecule has 1 unspecified atom stereocenters. The third kappa shape index (κ3) is 4.00. The molecule has 0 bridgehead atoms. The molecule has 3 aromatic rings. The van der Waals surface area contributed by atoms with E-state index in [0.717, 1.165) is 22.6 Å². The number of methoxy groups -OCH3 is 1. The number of nitrogens with one attached hydrogen (secondary N) is 2. The quantitative estimate of drug-likeness (QED) is 0.420. The summed E-state index contributed by atoms with van der Waals surface area (Å²) in [6.45, 7) is 5.48. The predicted molar refractivity (Wildman–Crippen MR) is 132 cm³/mol. The van der Waals surface area contributed by atoms with Gasteiger partial charge in [0.1, 0.15) is 11.6 Å². The van der Waals surface area contributed by atoms with Gasteiger partial charge in [-0.25, -0.2) is 15.0 Å². The number of fused-ring (bicyclic) bond motifs is 1. The number of nitrogens with zero attached hydrogens (tertiary/aromatic N) is 4. The molecule has 2 aromatic heterocycles. The summed E-state index contributed by atoms with van der Waals surface area (Å²) in [5.41, 5.74) is 2.83. The normalized spacial score (nSPS) is 20.4. The second kappa shape index (κ2) is 8.26. The molecule has 1 aromatic carbocycles. The van der Waals surface area contributed by atoms with Gasteiger partial charge in [-0.3, -0.25) is 0 Å². The lowest BCUT2D eigenvalue weighted by atomic mass is 9.85. The fraction of sp³-hybridized carbons (Fsp3) is 0.375. The Morgan fingerprint density at radius 1 is 1.24 bits per heavy atom. The Labute approximate surface area is 202 Å². The number of benzene rings is 1. The second-order valence-electron chi connectivity index (χ2n) is 9.44. The largest absolute Gasteiger partial charge is 0.494 e. The van der Waals surface area contributed by atoms with Crippen LogP contribution in [0.25, 0.3) is 11.3 Å². The van der Waals surface area contributed by atoms with E-state index >= 15 is 0 Å². The van der Waals surface area contributed by atoms with Crippen molar-refractivity contribution in [1.82, 2.24) is 15.0 Å². The van der Waals surface area contributed by atoms with Crippen LogP contribution >= 0.6 is 11.6 Å². The van der Waals surface area contributed by atoms with E-state index in [4.69, 9.17) is 16.3 Å². The Morgan fingerprint density at radius 3 is 2.74 bits per heavy atom. The van der Waals surface area contributed by atoms with E-state index in [-0.39, 0.29) is 12.0 Å². The molecule has 4 heterocycles. The molecular formula is C24H27ClN6O3. The maximum atomic E-state index is 10.1. The standard InChI is InChI=1S/C24H27ClN6O3/c1-23(13-32)10-28-21-15(23)6-14(9-27-21)17-4-5-26-22(29-17)30-18-7-16(25)19(8-20(18)34-3)31-11-24(2,33)12-31/h4-9,32-33H,10-13H2,1-3H3,(H,27,28)(H,26,29,30). The summed E-state index contributed by atoms with van der Waals surface area (Å²) in [6.07, 6.45) is 3.43. The Bertz CT molecular complexity index is 1250. The molecule has 1 saturated heterocycles. The lowest BCUT2D eigenvalue weighted by Crippen LogP contribution is -2.60. The minimum absolute atomic E-state index is 0.0280. The van der Waals surface area contributed by atoms with Gasteiger partial charge in [-0.05, 0) is 25.1 Å². The number of aromatic nitrogens is 3. The van der Waals surface area contributed by atoms with Crippen LogP contribution < -0.4 is 20.3 Å². The van der Waals surface area contributed by atoms with E-state index in [9.17, 15) is 10.2 Å². The van der Waals surface area contributed by atoms with Crippen molar-refractivity contribution in [1.29, 1.82) is 0 Å². The number of hydrogen-bond donors (Lipinski definition) is 4. The first-order valence-electron chi connectivity index (χ1n) is 11.0. The highest BCUT2D eigenvalue weighted by atomic mass is 35.5. The van der Waals surface area contributed by atoms with Crippen molar-refractivity contribution in [3.63, 3.8) is 0 Å². The van der Waals surface area contributed by atoms with Crippen LogP contribution in [0.15, 0.2) is 36.7 Å². The van der Waals surface area contributed by atoms with E-state index in [1.165, 1.54) is 0 Å². The molecule has 0 aliphatic carbocycles. The van der Waals surface area contributed by atoms with Gasteiger partial charge in [0.05, 0.1) is 41.4 Å². The molecule has 9 nitrogen and oxygen atoms in total. The van der Waals surface area contributed by atoms with Crippen molar-refractivity contribution in [3.05, 3.63) is 47.2 Å². The maximum Gasteiger partial charge on any atom is 0.227 e. The van der Waals surface area contributed by atoms with Gasteiger partial charge in [-0.15, -0.1) is 0 Å². The molecule has 0 saturated carbocycles. The third-order valence-corrected chi connectivity index (χ3v) is 6.71. The van der Waals surface area contributed by atoms with E-state index in [1.807, 2.05) is 30.0 Å². The first kappa shape index (κ1) is 22.6. The van der Waals surface area contributed by atoms with Crippen molar-refractivity contribution < 1.29 is 14.9 Å². The monoisotopic (exact) mass is 482 g/mol. The number of anilines is 4. The summed E-state index contributed by atoms with van der Waals surface area (Å²) in [4.78, 5) is 15.5. The van der Waals surface area contributed by atoms with Gasteiger partial charge in [-0.2, -0.15) is 0 Å². The van der Waals surface area contributed by atoms with Gasteiger partial charge in [0.25, 0.3) is 0 Å². The van der Waals surface area contributed by atoms with Crippen molar-refractivity contribution in [3.8, 4) is 17.0 Å². The van der Waals surface area contributed by atoms with Crippen LogP contribution in [0.2, 0.25) is 5.02 Å². The van der Waals surface area contributed by atoms with Crippen molar-refractivity contribution in [2.45, 2.75) is 24.9 Å². The molecule has 0 radical (unpaired) electrons. The molecule has 1 atom stereocenters. The molecule has 5 rings (SSSR count). The number of β-amino-alcohol motifs (C(OH)–C–C–N with tert-alkyl or cyclic N) is 1. The van der Waals surface area contributed by atoms with Crippen LogP contribution in [-0.4, -0.2) is 64.1 Å². The van der Waals surface area contributed by atoms with Crippen molar-refractivity contribution >= 4 is 34.7 Å². The van der Waals surface area contributed by atoms with Crippen LogP contribution in [0.1, 0.15) is 19.4 Å². The first-order chi connectivity index (χ1) is 16.2. The predicted octanol–water partition coefficient (Wildman–Crippen LogP) is 3.19. The van der Waals surface area contributed by atoms with Crippen LogP contribution in [0.3, 0.4) is 0 Å². The van der Waals surface area contributed by atoms with Gasteiger partial charge < -0.3 is 30.5 Å². The summed E-state index contributed by atoms with van der Waals surface area (Å²) in [5.74, 6) is 1.76. The molecule has 0 amide bonds. The van der Waals surface area contributed by atoms with E-state index in [1.54, 1.807) is 32.5 Å². The zero-order valence-electron chi connectivity index (χ0n) is 19.3. The van der Waals surface area contributed by atoms with Crippen molar-refractivity contribution in [2.75, 3.05) is 48.9 Å². The fourth-order valence-corrected chi connectivity index (χ4v) is 4.70. The third-order valence-electron chi connectivity index (χ3n) is 6.40. The lowest BCUT2D eigenvalue weighted by molar-refractivity contribution is 0.0310. The van der Waals surface area contributed by atoms with Crippen LogP contribution in [0.5, 0.6) is 5.75 Å². The summed E-state index contributed by atoms with van der Waals surface area (Å²) < 4.78 is 5.58. The SMILES string of the molecule is COc1cc(N2CC(C)(O)C2)c(Cl)cc1Nc1nccc(-c2cnc3c(c2)C(C)(CO)CN3)n1. The number of ether oxygens (including phenoxy) is 1. The number of halogens is 1. The highest BCUT2D eigenvalue weighted by Gasteiger charge is 2.38. The number of pyridine rings is 1. The van der Waals surface area contributed by atoms with Crippen molar-refractivity contribution in [2.24, 2.45) is 0 Å². The van der Waals surface area contributed by atoms with Gasteiger partial charge in [0.2, 0.25) is 5.95 Å². The maximum absolute atomic E-state index is 10.1. The molecule has 2 aliphatic rings. The second-order valence-corrected chi connectivity index (χ2v) is 9.85. The number of aliphatic hydroxyl groups excluding tert-OH is 1. The Morgan fingerprint density at radius 2 is 2.03 bits per heavy atom. The van der Waals surface area contributed by atoms with E-state index in [0.29, 0.717) is 47.7 Å². The van der Waals surface area contributed by atoms with E-state index in [2.05, 4.69) is 25.6 Å². The lowest BCUT2D eigenvalue weighted by Gasteiger charge is -2.46.